The molecule has 0 bridgehead atoms. The Bertz CT molecular complexity index is 878. The second-order valence-electron chi connectivity index (χ2n) is 13.0. The third kappa shape index (κ3) is 22.3. The van der Waals surface area contributed by atoms with Crippen molar-refractivity contribution in [2.24, 2.45) is 11.8 Å². The van der Waals surface area contributed by atoms with Crippen LogP contribution in [0, 0.1) is 11.8 Å². The molecule has 0 heterocycles. The summed E-state index contributed by atoms with van der Waals surface area (Å²) < 4.78 is 10.5. The summed E-state index contributed by atoms with van der Waals surface area (Å²) in [4.78, 5) is 36.6. The van der Waals surface area contributed by atoms with Crippen LogP contribution in [0.25, 0.3) is 0 Å². The highest BCUT2D eigenvalue weighted by atomic mass is 16.6. The zero-order valence-corrected chi connectivity index (χ0v) is 29.2. The lowest BCUT2D eigenvalue weighted by molar-refractivity contribution is -0.161. The molecule has 0 fully saturated rings. The summed E-state index contributed by atoms with van der Waals surface area (Å²) in [5.41, 5.74) is 0. The van der Waals surface area contributed by atoms with E-state index in [0.717, 1.165) is 44.9 Å². The van der Waals surface area contributed by atoms with E-state index in [-0.39, 0.29) is 36.6 Å². The highest BCUT2D eigenvalue weighted by Gasteiger charge is 2.27. The highest BCUT2D eigenvalue weighted by molar-refractivity contribution is 5.95. The fraction of sp³-hybridized carbons (Fsp3) is 0.769. The smallest absolute Gasteiger partial charge is 0.306 e. The minimum absolute atomic E-state index is 0.0712. The number of allylic oxidation sites excluding steroid dienone is 5. The molecule has 4 atom stereocenters. The molecule has 1 aliphatic carbocycles. The predicted octanol–water partition coefficient (Wildman–Crippen LogP) is 8.90. The molecule has 1 aliphatic rings. The average molecular weight is 647 g/mol. The summed E-state index contributed by atoms with van der Waals surface area (Å²) in [6.07, 6.45) is 32.5. The van der Waals surface area contributed by atoms with Crippen molar-refractivity contribution in [3.8, 4) is 0 Å². The maximum absolute atomic E-state index is 12.3. The van der Waals surface area contributed by atoms with Crippen molar-refractivity contribution in [2.75, 3.05) is 13.2 Å². The van der Waals surface area contributed by atoms with Gasteiger partial charge in [0.2, 0.25) is 0 Å². The number of rotatable bonds is 30. The van der Waals surface area contributed by atoms with E-state index in [1.165, 1.54) is 64.2 Å². The maximum Gasteiger partial charge on any atom is 0.306 e. The van der Waals surface area contributed by atoms with Crippen molar-refractivity contribution < 1.29 is 34.1 Å². The van der Waals surface area contributed by atoms with E-state index in [9.17, 15) is 24.6 Å². The van der Waals surface area contributed by atoms with Crippen molar-refractivity contribution in [3.63, 3.8) is 0 Å². The van der Waals surface area contributed by atoms with Crippen LogP contribution >= 0.6 is 0 Å². The summed E-state index contributed by atoms with van der Waals surface area (Å²) in [6.45, 7) is 3.86. The third-order valence-electron chi connectivity index (χ3n) is 8.68. The molecule has 0 spiro atoms. The van der Waals surface area contributed by atoms with Crippen molar-refractivity contribution in [1.29, 1.82) is 0 Å². The Morgan fingerprint density at radius 3 is 2.02 bits per heavy atom. The molecule has 0 aliphatic heterocycles. The van der Waals surface area contributed by atoms with Crippen molar-refractivity contribution in [3.05, 3.63) is 36.5 Å². The van der Waals surface area contributed by atoms with Gasteiger partial charge in [-0.1, -0.05) is 141 Å². The van der Waals surface area contributed by atoms with Gasteiger partial charge in [-0.2, -0.15) is 0 Å². The Morgan fingerprint density at radius 1 is 0.804 bits per heavy atom. The number of hydrogen-bond donors (Lipinski definition) is 2. The first-order valence-corrected chi connectivity index (χ1v) is 18.6. The van der Waals surface area contributed by atoms with Gasteiger partial charge in [0.05, 0.1) is 12.7 Å². The summed E-state index contributed by atoms with van der Waals surface area (Å²) in [6, 6.07) is 0. The van der Waals surface area contributed by atoms with Crippen LogP contribution in [-0.4, -0.2) is 53.4 Å². The van der Waals surface area contributed by atoms with E-state index in [1.54, 1.807) is 12.2 Å². The molecule has 7 heteroatoms. The lowest BCUT2D eigenvalue weighted by atomic mass is 9.90. The normalized spacial score (nSPS) is 17.7. The third-order valence-corrected chi connectivity index (χ3v) is 8.68. The van der Waals surface area contributed by atoms with Crippen LogP contribution in [0.15, 0.2) is 36.5 Å². The number of aliphatic hydroxyl groups excluding tert-OH is 2. The van der Waals surface area contributed by atoms with E-state index in [0.29, 0.717) is 25.7 Å². The number of hydrogen-bond acceptors (Lipinski definition) is 7. The summed E-state index contributed by atoms with van der Waals surface area (Å²) in [5.74, 6) is -0.832. The fourth-order valence-corrected chi connectivity index (χ4v) is 5.72. The van der Waals surface area contributed by atoms with Gasteiger partial charge in [0.25, 0.3) is 0 Å². The van der Waals surface area contributed by atoms with E-state index in [2.05, 4.69) is 13.8 Å². The second kappa shape index (κ2) is 28.9. The Labute approximate surface area is 280 Å². The number of aliphatic hydroxyl groups is 2. The van der Waals surface area contributed by atoms with Gasteiger partial charge in [-0.25, -0.2) is 0 Å². The van der Waals surface area contributed by atoms with E-state index >= 15 is 0 Å². The molecule has 0 saturated carbocycles. The van der Waals surface area contributed by atoms with Crippen molar-refractivity contribution in [2.45, 2.75) is 167 Å². The molecule has 0 amide bonds. The molecule has 1 rings (SSSR count). The molecule has 0 aromatic rings. The average Bonchev–Trinajstić information content (AvgIpc) is 3.40. The minimum Gasteiger partial charge on any atom is -0.462 e. The standard InChI is InChI=1S/C39H66O7/c1-3-5-7-8-9-10-11-12-13-14-15-16-21-25-38(43)45-32-35(31-40)46-39(44)26-22-18-17-20-23-33-27-30-37(42)36(33)29-28-34(41)24-19-6-4-2/h17,20,27-30,33-36,40-41H,3-16,18-19,21-26,31-32H2,1-2H3/b20-17-,29-28+/t33-,34-,35-,36+/m0/s1. The van der Waals surface area contributed by atoms with Crippen molar-refractivity contribution >= 4 is 17.7 Å². The van der Waals surface area contributed by atoms with Gasteiger partial charge in [-0.05, 0) is 44.1 Å². The lowest BCUT2D eigenvalue weighted by Crippen LogP contribution is -2.28. The topological polar surface area (TPSA) is 110 Å². The molecule has 7 nitrogen and oxygen atoms in total. The molecular formula is C39H66O7. The van der Waals surface area contributed by atoms with E-state index < -0.39 is 24.8 Å². The predicted molar refractivity (Wildman–Crippen MR) is 186 cm³/mol. The van der Waals surface area contributed by atoms with Crippen LogP contribution in [0.4, 0.5) is 0 Å². The van der Waals surface area contributed by atoms with Crippen LogP contribution in [0.1, 0.15) is 155 Å². The first-order chi connectivity index (χ1) is 22.4. The van der Waals surface area contributed by atoms with Gasteiger partial charge in [-0.3, -0.25) is 14.4 Å². The number of esters is 2. The summed E-state index contributed by atoms with van der Waals surface area (Å²) in [7, 11) is 0. The zero-order valence-electron chi connectivity index (χ0n) is 29.2. The van der Waals surface area contributed by atoms with Crippen LogP contribution in [0.3, 0.4) is 0 Å². The molecular weight excluding hydrogens is 580 g/mol. The van der Waals surface area contributed by atoms with Gasteiger partial charge in [0.1, 0.15) is 6.61 Å². The van der Waals surface area contributed by atoms with Gasteiger partial charge in [-0.15, -0.1) is 0 Å². The Balaban J connectivity index is 2.10. The Morgan fingerprint density at radius 2 is 1.39 bits per heavy atom. The Kier molecular flexibility index (Phi) is 26.3. The van der Waals surface area contributed by atoms with Crippen LogP contribution in [-0.2, 0) is 23.9 Å². The first kappa shape index (κ1) is 41.8. The van der Waals surface area contributed by atoms with E-state index in [4.69, 9.17) is 9.47 Å². The van der Waals surface area contributed by atoms with E-state index in [1.807, 2.05) is 24.3 Å². The molecule has 0 unspecified atom stereocenters. The second-order valence-corrected chi connectivity index (χ2v) is 13.0. The molecule has 264 valence electrons. The highest BCUT2D eigenvalue weighted by Crippen LogP contribution is 2.27. The van der Waals surface area contributed by atoms with Gasteiger partial charge < -0.3 is 19.7 Å². The zero-order chi connectivity index (χ0) is 33.7. The number of unbranched alkanes of at least 4 members (excludes halogenated alkanes) is 15. The number of ether oxygens (including phenoxy) is 2. The van der Waals surface area contributed by atoms with Gasteiger partial charge >= 0.3 is 11.9 Å². The number of carbonyl (C=O) groups excluding carboxylic acids is 3. The monoisotopic (exact) mass is 646 g/mol. The summed E-state index contributed by atoms with van der Waals surface area (Å²) >= 11 is 0. The molecule has 2 N–H and O–H groups in total. The molecule has 0 aromatic heterocycles. The van der Waals surface area contributed by atoms with Gasteiger partial charge in [0.15, 0.2) is 11.9 Å². The largest absolute Gasteiger partial charge is 0.462 e. The van der Waals surface area contributed by atoms with Gasteiger partial charge in [0, 0.05) is 18.8 Å². The molecule has 0 radical (unpaired) electrons. The fourth-order valence-electron chi connectivity index (χ4n) is 5.72. The molecule has 46 heavy (non-hydrogen) atoms. The van der Waals surface area contributed by atoms with Crippen LogP contribution in [0.2, 0.25) is 0 Å². The first-order valence-electron chi connectivity index (χ1n) is 18.6. The Hall–Kier alpha value is -2.25. The quantitative estimate of drug-likeness (QED) is 0.0455. The van der Waals surface area contributed by atoms with Crippen molar-refractivity contribution in [1.82, 2.24) is 0 Å². The number of ketones is 1. The minimum atomic E-state index is -0.847. The van der Waals surface area contributed by atoms with Crippen LogP contribution in [0.5, 0.6) is 0 Å². The molecule has 0 saturated heterocycles. The summed E-state index contributed by atoms with van der Waals surface area (Å²) in [5, 5.41) is 19.7. The molecule has 0 aromatic carbocycles. The maximum atomic E-state index is 12.3. The SMILES string of the molecule is CCCCCCCCCCCCCCCC(=O)OC[C@H](CO)OC(=O)CCC/C=C\C[C@H]1C=CC(=O)[C@@H]1/C=C/[C@@H](O)CCCCC. The van der Waals surface area contributed by atoms with Crippen LogP contribution < -0.4 is 0 Å². The lowest BCUT2D eigenvalue weighted by Gasteiger charge is -2.15. The number of carbonyl (C=O) groups is 3.